The van der Waals surface area contributed by atoms with Gasteiger partial charge in [-0.15, -0.1) is 0 Å². The van der Waals surface area contributed by atoms with E-state index in [1.54, 1.807) is 36.5 Å². The Balaban J connectivity index is 1.79. The number of rotatable bonds is 6. The fourth-order valence-corrected chi connectivity index (χ4v) is 3.78. The molecule has 0 saturated heterocycles. The quantitative estimate of drug-likeness (QED) is 0.244. The molecule has 0 aliphatic rings. The molecule has 0 atom stereocenters. The summed E-state index contributed by atoms with van der Waals surface area (Å²) in [5, 5.41) is 14.2. The number of carbonyl (C=O) groups is 2. The van der Waals surface area contributed by atoms with Crippen molar-refractivity contribution in [2.45, 2.75) is 0 Å². The highest BCUT2D eigenvalue weighted by Crippen LogP contribution is 2.31. The molecule has 0 aliphatic heterocycles. The normalized spacial score (nSPS) is 10.9. The molecule has 0 fully saturated rings. The highest BCUT2D eigenvalue weighted by atomic mass is 35.5. The topological polar surface area (TPSA) is 120 Å². The van der Waals surface area contributed by atoms with Crippen LogP contribution in [0.5, 0.6) is 0 Å². The van der Waals surface area contributed by atoms with E-state index in [1.807, 2.05) is 0 Å². The summed E-state index contributed by atoms with van der Waals surface area (Å²) in [6.45, 7) is -1.01. The number of nitrogen functional groups attached to an aromatic ring is 1. The Bertz CT molecular complexity index is 1430. The Labute approximate surface area is 197 Å². The number of pyridine rings is 1. The van der Waals surface area contributed by atoms with E-state index in [2.05, 4.69) is 5.32 Å². The molecule has 33 heavy (non-hydrogen) atoms. The monoisotopic (exact) mass is 482 g/mol. The number of nitrogens with two attached hydrogens (primary N) is 1. The average molecular weight is 483 g/mol. The third-order valence-electron chi connectivity index (χ3n) is 5.01. The van der Waals surface area contributed by atoms with Crippen molar-refractivity contribution in [2.24, 2.45) is 0 Å². The van der Waals surface area contributed by atoms with Crippen molar-refractivity contribution in [3.05, 3.63) is 98.6 Å². The molecule has 0 radical (unpaired) electrons. The molecule has 0 spiro atoms. The van der Waals surface area contributed by atoms with E-state index in [0.29, 0.717) is 16.2 Å². The molecule has 0 saturated carbocycles. The Morgan fingerprint density at radius 1 is 1.03 bits per heavy atom. The first-order valence-corrected chi connectivity index (χ1v) is 10.4. The largest absolute Gasteiger partial charge is 0.797 e. The minimum Gasteiger partial charge on any atom is -0.797 e. The van der Waals surface area contributed by atoms with E-state index in [-0.39, 0.29) is 38.0 Å². The van der Waals surface area contributed by atoms with Crippen LogP contribution in [0.1, 0.15) is 26.4 Å². The summed E-state index contributed by atoms with van der Waals surface area (Å²) in [4.78, 5) is 38.2. The first-order chi connectivity index (χ1) is 15.8. The second kappa shape index (κ2) is 9.03. The van der Waals surface area contributed by atoms with Crippen molar-refractivity contribution in [2.75, 3.05) is 17.8 Å². The Hall–Kier alpha value is -3.72. The molecule has 8 nitrogen and oxygen atoms in total. The van der Waals surface area contributed by atoms with E-state index in [1.165, 1.54) is 34.7 Å². The van der Waals surface area contributed by atoms with Crippen molar-refractivity contribution in [1.82, 2.24) is 4.40 Å². The van der Waals surface area contributed by atoms with Gasteiger partial charge in [0.05, 0.1) is 26.8 Å². The number of carbonyl (C=O) groups excluding carboxylic acids is 2. The summed E-state index contributed by atoms with van der Waals surface area (Å²) < 4.78 is 1.74. The number of aromatic nitrogens is 1. The van der Waals surface area contributed by atoms with Crippen molar-refractivity contribution in [3.63, 3.8) is 0 Å². The Morgan fingerprint density at radius 2 is 1.82 bits per heavy atom. The van der Waals surface area contributed by atoms with Gasteiger partial charge < -0.3 is 20.6 Å². The molecule has 2 aromatic heterocycles. The summed E-state index contributed by atoms with van der Waals surface area (Å²) in [7, 11) is 0. The van der Waals surface area contributed by atoms with Crippen molar-refractivity contribution >= 4 is 57.5 Å². The molecule has 4 rings (SSSR count). The van der Waals surface area contributed by atoms with Gasteiger partial charge in [-0.25, -0.2) is 0 Å². The van der Waals surface area contributed by atoms with Gasteiger partial charge in [0.15, 0.2) is 0 Å². The summed E-state index contributed by atoms with van der Waals surface area (Å²) in [5.41, 5.74) is 7.45. The maximum absolute atomic E-state index is 13.4. The van der Waals surface area contributed by atoms with E-state index in [0.717, 1.165) is 0 Å². The maximum Gasteiger partial charge on any atom is 0.259 e. The molecule has 0 unspecified atom stereocenters. The van der Waals surface area contributed by atoms with Crippen molar-refractivity contribution < 1.29 is 19.5 Å². The molecule has 166 valence electrons. The Kier molecular flexibility index (Phi) is 6.15. The SMILES string of the molecule is Nc1c(C(=O)Nc2ccc(Cl)c(Cl)c2)c2ccccn2c1C(=O)c1cccc([N+](=O)C[O-])c1. The summed E-state index contributed by atoms with van der Waals surface area (Å²) >= 11 is 12.0. The van der Waals surface area contributed by atoms with Crippen LogP contribution in [-0.4, -0.2) is 27.6 Å². The second-order valence-electron chi connectivity index (χ2n) is 7.06. The zero-order valence-electron chi connectivity index (χ0n) is 16.9. The lowest BCUT2D eigenvalue weighted by Crippen LogP contribution is -2.17. The third-order valence-corrected chi connectivity index (χ3v) is 5.75. The fourth-order valence-electron chi connectivity index (χ4n) is 3.48. The van der Waals surface area contributed by atoms with Gasteiger partial charge in [-0.2, -0.15) is 0 Å². The second-order valence-corrected chi connectivity index (χ2v) is 7.88. The lowest BCUT2D eigenvalue weighted by atomic mass is 10.1. The molecular formula is C23H16Cl2N4O4. The summed E-state index contributed by atoms with van der Waals surface area (Å²) in [6.07, 6.45) is 1.61. The Morgan fingerprint density at radius 3 is 2.55 bits per heavy atom. The van der Waals surface area contributed by atoms with Crippen LogP contribution in [0.15, 0.2) is 66.9 Å². The van der Waals surface area contributed by atoms with Gasteiger partial charge in [-0.1, -0.05) is 41.4 Å². The number of halogens is 2. The summed E-state index contributed by atoms with van der Waals surface area (Å²) in [5.74, 6) is -1.05. The first kappa shape index (κ1) is 22.5. The molecule has 2 aromatic carbocycles. The predicted octanol–water partition coefficient (Wildman–Crippen LogP) is 4.04. The van der Waals surface area contributed by atoms with Gasteiger partial charge in [0, 0.05) is 39.2 Å². The number of fused-ring (bicyclic) bond motifs is 1. The van der Waals surface area contributed by atoms with E-state index >= 15 is 0 Å². The van der Waals surface area contributed by atoms with E-state index in [4.69, 9.17) is 28.9 Å². The minimum atomic E-state index is -1.01. The number of nitrogens with zero attached hydrogens (tertiary/aromatic N) is 2. The number of anilines is 2. The van der Waals surface area contributed by atoms with Crippen LogP contribution in [0.25, 0.3) is 5.52 Å². The van der Waals surface area contributed by atoms with Crippen LogP contribution in [0.4, 0.5) is 17.1 Å². The fraction of sp³-hybridized carbons (Fsp3) is 0.0435. The number of hydrogen-bond acceptors (Lipinski definition) is 5. The molecule has 10 heteroatoms. The number of hydrogen-bond donors (Lipinski definition) is 2. The number of benzene rings is 2. The van der Waals surface area contributed by atoms with Crippen LogP contribution < -0.4 is 16.2 Å². The van der Waals surface area contributed by atoms with Gasteiger partial charge in [-0.05, 0) is 30.3 Å². The molecule has 1 amide bonds. The highest BCUT2D eigenvalue weighted by Gasteiger charge is 2.27. The maximum atomic E-state index is 13.4. The van der Waals surface area contributed by atoms with Gasteiger partial charge in [0.25, 0.3) is 11.6 Å². The number of amides is 1. The van der Waals surface area contributed by atoms with Gasteiger partial charge in [0.2, 0.25) is 5.78 Å². The average Bonchev–Trinajstić information content (AvgIpc) is 3.12. The van der Waals surface area contributed by atoms with E-state index < -0.39 is 18.4 Å². The zero-order valence-corrected chi connectivity index (χ0v) is 18.4. The van der Waals surface area contributed by atoms with Crippen LogP contribution in [0, 0.1) is 4.91 Å². The molecule has 4 aromatic rings. The smallest absolute Gasteiger partial charge is 0.259 e. The number of ketones is 1. The number of nitroso groups, excluding NO2 is 1. The lowest BCUT2D eigenvalue weighted by Gasteiger charge is -2.07. The number of nitrogens with one attached hydrogen (secondary N) is 1. The predicted molar refractivity (Wildman–Crippen MR) is 124 cm³/mol. The van der Waals surface area contributed by atoms with Gasteiger partial charge in [0.1, 0.15) is 12.4 Å². The van der Waals surface area contributed by atoms with Crippen LogP contribution >= 0.6 is 23.2 Å². The zero-order chi connectivity index (χ0) is 23.7. The van der Waals surface area contributed by atoms with Crippen molar-refractivity contribution in [3.8, 4) is 0 Å². The molecular weight excluding hydrogens is 467 g/mol. The van der Waals surface area contributed by atoms with Crippen LogP contribution in [0.3, 0.4) is 0 Å². The van der Waals surface area contributed by atoms with Crippen molar-refractivity contribution in [1.29, 1.82) is 0 Å². The standard InChI is InChI=1S/C23H16Cl2N4O4/c24-16-8-7-14(11-17(16)25)27-23(32)19-18-6-1-2-9-28(18)21(20(19)26)22(31)13-4-3-5-15(10-13)29(33)12-30/h1-11H,12,26H2,(H,27,32). The summed E-state index contributed by atoms with van der Waals surface area (Å²) in [6, 6.07) is 15.4. The van der Waals surface area contributed by atoms with Crippen LogP contribution in [0.2, 0.25) is 10.0 Å². The highest BCUT2D eigenvalue weighted by molar-refractivity contribution is 6.42. The molecule has 0 aliphatic carbocycles. The van der Waals surface area contributed by atoms with E-state index in [9.17, 15) is 19.6 Å². The molecule has 0 bridgehead atoms. The lowest BCUT2D eigenvalue weighted by molar-refractivity contribution is -0.639. The molecule has 3 N–H and O–H groups in total. The minimum absolute atomic E-state index is 0.0306. The molecule has 2 heterocycles. The van der Waals surface area contributed by atoms with Gasteiger partial charge >= 0.3 is 0 Å². The first-order valence-electron chi connectivity index (χ1n) is 9.64. The van der Waals surface area contributed by atoms with Gasteiger partial charge in [-0.3, -0.25) is 9.59 Å². The third kappa shape index (κ3) is 4.19. The van der Waals surface area contributed by atoms with Crippen LogP contribution in [-0.2, 0) is 0 Å².